The summed E-state index contributed by atoms with van der Waals surface area (Å²) in [6, 6.07) is 0. The van der Waals surface area contributed by atoms with Gasteiger partial charge in [-0.1, -0.05) is 6.58 Å². The first kappa shape index (κ1) is 23.8. The van der Waals surface area contributed by atoms with Crippen molar-refractivity contribution in [1.82, 2.24) is 0 Å². The number of hydrogen-bond donors (Lipinski definition) is 0. The molecule has 28 heavy (non-hydrogen) atoms. The van der Waals surface area contributed by atoms with Gasteiger partial charge in [0.15, 0.2) is 13.2 Å². The van der Waals surface area contributed by atoms with Gasteiger partial charge < -0.3 is 14.2 Å². The first-order valence-electron chi connectivity index (χ1n) is 8.03. The largest absolute Gasteiger partial charge is 0.458 e. The summed E-state index contributed by atoms with van der Waals surface area (Å²) in [6.07, 6.45) is -11.7. The van der Waals surface area contributed by atoms with E-state index in [0.29, 0.717) is 0 Å². The van der Waals surface area contributed by atoms with Crippen molar-refractivity contribution in [3.05, 3.63) is 12.2 Å². The minimum atomic E-state index is -4.77. The summed E-state index contributed by atoms with van der Waals surface area (Å²) in [7, 11) is 0. The van der Waals surface area contributed by atoms with E-state index in [1.54, 1.807) is 0 Å². The van der Waals surface area contributed by atoms with E-state index in [0.717, 1.165) is 0 Å². The lowest BCUT2D eigenvalue weighted by Gasteiger charge is -2.33. The van der Waals surface area contributed by atoms with Gasteiger partial charge in [-0.2, -0.15) is 26.3 Å². The predicted molar refractivity (Wildman–Crippen MR) is 79.6 cm³/mol. The van der Waals surface area contributed by atoms with Crippen LogP contribution >= 0.6 is 0 Å². The molecule has 0 aliphatic heterocycles. The Morgan fingerprint density at radius 1 is 0.929 bits per heavy atom. The van der Waals surface area contributed by atoms with Crippen LogP contribution in [0.2, 0.25) is 0 Å². The van der Waals surface area contributed by atoms with E-state index in [9.17, 15) is 40.7 Å². The third-order valence-electron chi connectivity index (χ3n) is 3.79. The van der Waals surface area contributed by atoms with Gasteiger partial charge in [0.05, 0.1) is 11.8 Å². The van der Waals surface area contributed by atoms with Crippen molar-refractivity contribution in [2.45, 2.75) is 44.6 Å². The zero-order chi connectivity index (χ0) is 21.7. The number of alkyl halides is 6. The van der Waals surface area contributed by atoms with Crippen LogP contribution in [0.5, 0.6) is 0 Å². The van der Waals surface area contributed by atoms with Crippen molar-refractivity contribution >= 4 is 17.9 Å². The number of halogens is 6. The highest BCUT2D eigenvalue weighted by atomic mass is 19.4. The number of ether oxygens (including phenoxy) is 3. The van der Waals surface area contributed by atoms with Crippen LogP contribution in [0.4, 0.5) is 26.3 Å². The molecule has 0 aromatic rings. The summed E-state index contributed by atoms with van der Waals surface area (Å²) in [5.74, 6) is -5.91. The fourth-order valence-corrected chi connectivity index (χ4v) is 2.51. The van der Waals surface area contributed by atoms with Gasteiger partial charge in [-0.05, 0) is 26.2 Å². The van der Waals surface area contributed by atoms with Crippen molar-refractivity contribution in [3.63, 3.8) is 0 Å². The fraction of sp³-hybridized carbons (Fsp3) is 0.688. The van der Waals surface area contributed by atoms with Crippen molar-refractivity contribution < 1.29 is 54.9 Å². The third kappa shape index (κ3) is 8.17. The lowest BCUT2D eigenvalue weighted by atomic mass is 9.79. The Morgan fingerprint density at radius 3 is 1.89 bits per heavy atom. The van der Waals surface area contributed by atoms with Crippen LogP contribution in [0.1, 0.15) is 26.2 Å². The van der Waals surface area contributed by atoms with E-state index in [1.165, 1.54) is 6.92 Å². The molecule has 1 saturated carbocycles. The van der Waals surface area contributed by atoms with Crippen LogP contribution in [0.3, 0.4) is 0 Å². The number of carbonyl (C=O) groups is 3. The summed E-state index contributed by atoms with van der Waals surface area (Å²) in [5.41, 5.74) is -0.0795. The highest BCUT2D eigenvalue weighted by molar-refractivity contribution is 5.87. The molecule has 0 aromatic heterocycles. The molecule has 1 aliphatic rings. The fourth-order valence-electron chi connectivity index (χ4n) is 2.51. The molecule has 160 valence electrons. The number of rotatable bonds is 6. The highest BCUT2D eigenvalue weighted by Gasteiger charge is 2.43. The van der Waals surface area contributed by atoms with Gasteiger partial charge >= 0.3 is 30.3 Å². The van der Waals surface area contributed by atoms with Gasteiger partial charge in [0.2, 0.25) is 0 Å². The van der Waals surface area contributed by atoms with Crippen LogP contribution in [0.25, 0.3) is 0 Å². The Hall–Kier alpha value is -2.27. The Morgan fingerprint density at radius 2 is 1.43 bits per heavy atom. The summed E-state index contributed by atoms with van der Waals surface area (Å²) in [6.45, 7) is 0.932. The zero-order valence-electron chi connectivity index (χ0n) is 14.7. The zero-order valence-corrected chi connectivity index (χ0v) is 14.7. The standard InChI is InChI=1S/C16H18F6O6/c1-8(2)12(23)28-11-5-9(13(24)26-6-15(17,18)19)3-4-10(11)14(25)27-7-16(20,21)22/h9-11H,1,3-7H2,2H3. The summed E-state index contributed by atoms with van der Waals surface area (Å²) < 4.78 is 86.4. The van der Waals surface area contributed by atoms with Crippen LogP contribution in [0.15, 0.2) is 12.2 Å². The molecule has 0 saturated heterocycles. The van der Waals surface area contributed by atoms with E-state index in [-0.39, 0.29) is 18.4 Å². The molecule has 0 amide bonds. The molecule has 1 rings (SSSR count). The molecule has 1 aliphatic carbocycles. The van der Waals surface area contributed by atoms with E-state index in [2.05, 4.69) is 16.1 Å². The maximum absolute atomic E-state index is 12.2. The number of esters is 3. The molecule has 1 fully saturated rings. The van der Waals surface area contributed by atoms with Gasteiger partial charge in [-0.25, -0.2) is 4.79 Å². The average Bonchev–Trinajstić information content (AvgIpc) is 2.56. The third-order valence-corrected chi connectivity index (χ3v) is 3.79. The topological polar surface area (TPSA) is 78.9 Å². The van der Waals surface area contributed by atoms with Gasteiger partial charge in [0.1, 0.15) is 6.10 Å². The average molecular weight is 420 g/mol. The molecular formula is C16H18F6O6. The number of hydrogen-bond acceptors (Lipinski definition) is 6. The van der Waals surface area contributed by atoms with Gasteiger partial charge in [0, 0.05) is 5.57 Å². The summed E-state index contributed by atoms with van der Waals surface area (Å²) >= 11 is 0. The molecule has 0 spiro atoms. The van der Waals surface area contributed by atoms with Crippen LogP contribution in [0, 0.1) is 11.8 Å². The molecule has 0 radical (unpaired) electrons. The van der Waals surface area contributed by atoms with Crippen LogP contribution < -0.4 is 0 Å². The normalized spacial score (nSPS) is 22.9. The number of carbonyl (C=O) groups excluding carboxylic acids is 3. The second-order valence-electron chi connectivity index (χ2n) is 6.29. The maximum Gasteiger partial charge on any atom is 0.422 e. The van der Waals surface area contributed by atoms with E-state index in [1.807, 2.05) is 0 Å². The van der Waals surface area contributed by atoms with Gasteiger partial charge in [-0.15, -0.1) is 0 Å². The van der Waals surface area contributed by atoms with E-state index in [4.69, 9.17) is 4.74 Å². The summed E-state index contributed by atoms with van der Waals surface area (Å²) in [4.78, 5) is 35.4. The monoisotopic (exact) mass is 420 g/mol. The molecule has 3 unspecified atom stereocenters. The molecule has 6 nitrogen and oxygen atoms in total. The molecule has 0 bridgehead atoms. The summed E-state index contributed by atoms with van der Waals surface area (Å²) in [5, 5.41) is 0. The van der Waals surface area contributed by atoms with Crippen molar-refractivity contribution in [2.24, 2.45) is 11.8 Å². The molecule has 0 aromatic carbocycles. The molecule has 0 N–H and O–H groups in total. The molecule has 3 atom stereocenters. The Bertz CT molecular complexity index is 612. The minimum absolute atomic E-state index is 0.0795. The van der Waals surface area contributed by atoms with Crippen molar-refractivity contribution in [2.75, 3.05) is 13.2 Å². The Kier molecular flexibility index (Phi) is 7.88. The molecular weight excluding hydrogens is 402 g/mol. The van der Waals surface area contributed by atoms with Crippen molar-refractivity contribution in [3.8, 4) is 0 Å². The van der Waals surface area contributed by atoms with E-state index >= 15 is 0 Å². The first-order chi connectivity index (χ1) is 12.7. The van der Waals surface area contributed by atoms with Crippen LogP contribution in [-0.4, -0.2) is 49.6 Å². The maximum atomic E-state index is 12.2. The molecule has 0 heterocycles. The van der Waals surface area contributed by atoms with E-state index < -0.39 is 67.8 Å². The van der Waals surface area contributed by atoms with Gasteiger partial charge in [0.25, 0.3) is 0 Å². The smallest absolute Gasteiger partial charge is 0.422 e. The quantitative estimate of drug-likeness (QED) is 0.284. The van der Waals surface area contributed by atoms with Gasteiger partial charge in [-0.3, -0.25) is 9.59 Å². The van der Waals surface area contributed by atoms with Crippen LogP contribution in [-0.2, 0) is 28.6 Å². The second-order valence-corrected chi connectivity index (χ2v) is 6.29. The highest BCUT2D eigenvalue weighted by Crippen LogP contribution is 2.34. The first-order valence-corrected chi connectivity index (χ1v) is 8.03. The minimum Gasteiger partial charge on any atom is -0.458 e. The Labute approximate surface area is 155 Å². The predicted octanol–water partition coefficient (Wildman–Crippen LogP) is 3.10. The SMILES string of the molecule is C=C(C)C(=O)OC1CC(C(=O)OCC(F)(F)F)CCC1C(=O)OCC(F)(F)F. The molecule has 12 heteroatoms. The van der Waals surface area contributed by atoms with Crippen molar-refractivity contribution in [1.29, 1.82) is 0 Å². The Balaban J connectivity index is 2.83. The second kappa shape index (κ2) is 9.28. The lowest BCUT2D eigenvalue weighted by Crippen LogP contribution is -2.42. The lowest BCUT2D eigenvalue weighted by molar-refractivity contribution is -0.197.